The Balaban J connectivity index is 2.01. The second kappa shape index (κ2) is 16.7. The van der Waals surface area contributed by atoms with Gasteiger partial charge in [-0.1, -0.05) is 58.0 Å². The van der Waals surface area contributed by atoms with Crippen LogP contribution < -0.4 is 10.1 Å². The van der Waals surface area contributed by atoms with Crippen LogP contribution in [0, 0.1) is 0 Å². The Morgan fingerprint density at radius 3 is 2.06 bits per heavy atom. The van der Waals surface area contributed by atoms with Gasteiger partial charge in [0.2, 0.25) is 5.91 Å². The fourth-order valence-corrected chi connectivity index (χ4v) is 4.25. The van der Waals surface area contributed by atoms with Crippen molar-refractivity contribution in [2.24, 2.45) is 0 Å². The molecule has 2 aromatic carbocycles. The first-order chi connectivity index (χ1) is 17.5. The molecule has 0 saturated carbocycles. The van der Waals surface area contributed by atoms with E-state index >= 15 is 0 Å². The van der Waals surface area contributed by atoms with Crippen LogP contribution in [0.2, 0.25) is 0 Å². The van der Waals surface area contributed by atoms with Gasteiger partial charge in [0.1, 0.15) is 11.8 Å². The molecule has 0 fully saturated rings. The Bertz CT molecular complexity index is 876. The number of carbonyl (C=O) groups is 2. The molecule has 2 rings (SSSR count). The van der Waals surface area contributed by atoms with Gasteiger partial charge in [0.15, 0.2) is 0 Å². The van der Waals surface area contributed by atoms with Crippen molar-refractivity contribution in [3.05, 3.63) is 65.7 Å². The molecule has 0 bridgehead atoms. The lowest BCUT2D eigenvalue weighted by Gasteiger charge is -2.27. The highest BCUT2D eigenvalue weighted by Crippen LogP contribution is 2.16. The lowest BCUT2D eigenvalue weighted by atomic mass is 10.0. The van der Waals surface area contributed by atoms with E-state index in [4.69, 9.17) is 4.74 Å². The van der Waals surface area contributed by atoms with Crippen molar-refractivity contribution in [1.29, 1.82) is 0 Å². The summed E-state index contributed by atoms with van der Waals surface area (Å²) < 4.78 is 5.92. The van der Waals surface area contributed by atoms with Gasteiger partial charge in [-0.3, -0.25) is 9.59 Å². The average Bonchev–Trinajstić information content (AvgIpc) is 2.91. The van der Waals surface area contributed by atoms with Gasteiger partial charge in [0, 0.05) is 25.1 Å². The summed E-state index contributed by atoms with van der Waals surface area (Å²) in [6.07, 6.45) is 4.34. The molecule has 0 aliphatic rings. The van der Waals surface area contributed by atoms with Gasteiger partial charge in [0.25, 0.3) is 5.91 Å². The van der Waals surface area contributed by atoms with E-state index in [0.717, 1.165) is 56.6 Å². The molecule has 0 aliphatic carbocycles. The maximum atomic E-state index is 13.4. The van der Waals surface area contributed by atoms with Crippen LogP contribution in [0.4, 0.5) is 0 Å². The maximum absolute atomic E-state index is 13.4. The minimum absolute atomic E-state index is 0.0310. The summed E-state index contributed by atoms with van der Waals surface area (Å²) in [7, 11) is 0. The summed E-state index contributed by atoms with van der Waals surface area (Å²) in [6.45, 7) is 13.9. The summed E-state index contributed by atoms with van der Waals surface area (Å²) in [5.74, 6) is 0.569. The van der Waals surface area contributed by atoms with Gasteiger partial charge in [0.05, 0.1) is 6.61 Å². The van der Waals surface area contributed by atoms with Crippen molar-refractivity contribution in [1.82, 2.24) is 15.1 Å². The second-order valence-electron chi connectivity index (χ2n) is 9.15. The van der Waals surface area contributed by atoms with Gasteiger partial charge in [-0.15, -0.1) is 0 Å². The minimum atomic E-state index is -0.623. The topological polar surface area (TPSA) is 61.9 Å². The number of amides is 2. The zero-order valence-electron chi connectivity index (χ0n) is 22.7. The van der Waals surface area contributed by atoms with E-state index in [1.807, 2.05) is 47.4 Å². The first-order valence-corrected chi connectivity index (χ1v) is 13.6. The van der Waals surface area contributed by atoms with Crippen LogP contribution in [-0.4, -0.2) is 67.0 Å². The highest BCUT2D eigenvalue weighted by atomic mass is 16.5. The van der Waals surface area contributed by atoms with E-state index in [9.17, 15) is 9.59 Å². The molecule has 0 aliphatic heterocycles. The van der Waals surface area contributed by atoms with Crippen molar-refractivity contribution in [2.45, 2.75) is 65.8 Å². The summed E-state index contributed by atoms with van der Waals surface area (Å²) >= 11 is 0. The number of rotatable bonds is 17. The highest BCUT2D eigenvalue weighted by molar-refractivity contribution is 5.97. The molecule has 0 unspecified atom stereocenters. The van der Waals surface area contributed by atoms with E-state index < -0.39 is 6.04 Å². The first kappa shape index (κ1) is 29.4. The molecule has 6 nitrogen and oxygen atoms in total. The van der Waals surface area contributed by atoms with Crippen LogP contribution in [0.1, 0.15) is 69.3 Å². The monoisotopic (exact) mass is 495 g/mol. The van der Waals surface area contributed by atoms with E-state index in [-0.39, 0.29) is 11.8 Å². The molecule has 2 amide bonds. The molecule has 2 aromatic rings. The minimum Gasteiger partial charge on any atom is -0.494 e. The van der Waals surface area contributed by atoms with Gasteiger partial charge < -0.3 is 19.9 Å². The lowest BCUT2D eigenvalue weighted by molar-refractivity contribution is -0.133. The molecule has 0 radical (unpaired) electrons. The van der Waals surface area contributed by atoms with E-state index in [1.54, 1.807) is 12.1 Å². The number of hydrogen-bond donors (Lipinski definition) is 1. The van der Waals surface area contributed by atoms with E-state index in [0.29, 0.717) is 31.7 Å². The third kappa shape index (κ3) is 10.0. The Morgan fingerprint density at radius 2 is 1.47 bits per heavy atom. The number of unbranched alkanes of at least 4 members (excludes halogenated alkanes) is 1. The summed E-state index contributed by atoms with van der Waals surface area (Å²) in [4.78, 5) is 30.6. The van der Waals surface area contributed by atoms with Crippen molar-refractivity contribution in [3.63, 3.8) is 0 Å². The molecule has 36 heavy (non-hydrogen) atoms. The molecule has 0 saturated heterocycles. The molecule has 6 heteroatoms. The Labute approximate surface area is 218 Å². The average molecular weight is 496 g/mol. The van der Waals surface area contributed by atoms with Gasteiger partial charge in [-0.25, -0.2) is 0 Å². The first-order valence-electron chi connectivity index (χ1n) is 13.6. The summed E-state index contributed by atoms with van der Waals surface area (Å²) in [5.41, 5.74) is 1.54. The van der Waals surface area contributed by atoms with Crippen LogP contribution in [0.3, 0.4) is 0 Å². The Kier molecular flexibility index (Phi) is 13.7. The lowest BCUT2D eigenvalue weighted by Crippen LogP contribution is -2.50. The molecule has 1 atom stereocenters. The number of hydrogen-bond acceptors (Lipinski definition) is 4. The summed E-state index contributed by atoms with van der Waals surface area (Å²) in [5, 5.41) is 3.00. The van der Waals surface area contributed by atoms with Crippen molar-refractivity contribution in [2.75, 3.05) is 39.3 Å². The smallest absolute Gasteiger partial charge is 0.251 e. The molecule has 1 N–H and O–H groups in total. The van der Waals surface area contributed by atoms with E-state index in [2.05, 4.69) is 37.9 Å². The molecule has 0 aromatic heterocycles. The molecule has 198 valence electrons. The van der Waals surface area contributed by atoms with Crippen molar-refractivity contribution in [3.8, 4) is 5.75 Å². The number of nitrogens with one attached hydrogen (secondary N) is 1. The zero-order chi connectivity index (χ0) is 26.2. The standard InChI is InChI=1S/C30H45N3O3/c1-5-20-33(21-6-2)30(35)28(31-29(34)26-14-10-9-11-15-26)24-25-16-18-27(19-17-25)36-23-13-12-22-32(7-3)8-4/h9-11,14-19,28H,5-8,12-13,20-24H2,1-4H3,(H,31,34)/t28-/m1/s1. The van der Waals surface area contributed by atoms with Gasteiger partial charge in [-0.2, -0.15) is 0 Å². The molecular weight excluding hydrogens is 450 g/mol. The molecule has 0 spiro atoms. The fourth-order valence-electron chi connectivity index (χ4n) is 4.25. The van der Waals surface area contributed by atoms with Crippen LogP contribution in [0.5, 0.6) is 5.75 Å². The van der Waals surface area contributed by atoms with Crippen molar-refractivity contribution >= 4 is 11.8 Å². The predicted octanol–water partition coefficient (Wildman–Crippen LogP) is 5.18. The fraction of sp³-hybridized carbons (Fsp3) is 0.533. The summed E-state index contributed by atoms with van der Waals surface area (Å²) in [6, 6.07) is 16.3. The molecular formula is C30H45N3O3. The predicted molar refractivity (Wildman–Crippen MR) is 148 cm³/mol. The van der Waals surface area contributed by atoms with Gasteiger partial charge >= 0.3 is 0 Å². The Morgan fingerprint density at radius 1 is 0.833 bits per heavy atom. The number of carbonyl (C=O) groups excluding carboxylic acids is 2. The number of ether oxygens (including phenoxy) is 1. The third-order valence-corrected chi connectivity index (χ3v) is 6.33. The van der Waals surface area contributed by atoms with Gasteiger partial charge in [-0.05, 0) is 75.1 Å². The Hall–Kier alpha value is -2.86. The quantitative estimate of drug-likeness (QED) is 0.307. The number of nitrogens with zero attached hydrogens (tertiary/aromatic N) is 2. The maximum Gasteiger partial charge on any atom is 0.251 e. The normalized spacial score (nSPS) is 11.8. The second-order valence-corrected chi connectivity index (χ2v) is 9.15. The molecule has 0 heterocycles. The van der Waals surface area contributed by atoms with Crippen LogP contribution in [-0.2, 0) is 11.2 Å². The van der Waals surface area contributed by atoms with Crippen LogP contribution in [0.15, 0.2) is 54.6 Å². The van der Waals surface area contributed by atoms with Crippen LogP contribution in [0.25, 0.3) is 0 Å². The highest BCUT2D eigenvalue weighted by Gasteiger charge is 2.26. The van der Waals surface area contributed by atoms with Crippen molar-refractivity contribution < 1.29 is 14.3 Å². The zero-order valence-corrected chi connectivity index (χ0v) is 22.7. The van der Waals surface area contributed by atoms with E-state index in [1.165, 1.54) is 0 Å². The van der Waals surface area contributed by atoms with Crippen LogP contribution >= 0.6 is 0 Å². The number of benzene rings is 2. The SMILES string of the molecule is CCCN(CCC)C(=O)[C@@H](Cc1ccc(OCCCCN(CC)CC)cc1)NC(=O)c1ccccc1. The largest absolute Gasteiger partial charge is 0.494 e. The third-order valence-electron chi connectivity index (χ3n) is 6.33.